The van der Waals surface area contributed by atoms with E-state index in [0.29, 0.717) is 5.92 Å². The lowest BCUT2D eigenvalue weighted by Crippen LogP contribution is -2.50. The molecule has 4 nitrogen and oxygen atoms in total. The van der Waals surface area contributed by atoms with Crippen LogP contribution < -0.4 is 10.6 Å². The molecule has 0 aromatic heterocycles. The summed E-state index contributed by atoms with van der Waals surface area (Å²) >= 11 is 0. The van der Waals surface area contributed by atoms with Crippen molar-refractivity contribution in [3.8, 4) is 0 Å². The Morgan fingerprint density at radius 3 is 2.71 bits per heavy atom. The van der Waals surface area contributed by atoms with Crippen molar-refractivity contribution in [1.82, 2.24) is 10.6 Å². The average Bonchev–Trinajstić information content (AvgIpc) is 2.52. The number of hydrogen-bond acceptors (Lipinski definition) is 3. The highest BCUT2D eigenvalue weighted by molar-refractivity contribution is 5.68. The molecule has 1 aromatic rings. The van der Waals surface area contributed by atoms with Crippen molar-refractivity contribution < 1.29 is 9.53 Å². The maximum atomic E-state index is 12.0. The molecule has 134 valence electrons. The van der Waals surface area contributed by atoms with Crippen molar-refractivity contribution in [2.24, 2.45) is 5.92 Å². The standard InChI is InChI=1S/C20H32N2O2/c1-20(2,3)24-19(23)22-18-13-14-21-15-17(18)12-8-7-11-16-9-5-4-6-10-16/h4-6,9-10,17-18,21H,7-8,11-15H2,1-3H3,(H,22,23)/t17-,18+/m1/s1. The van der Waals surface area contributed by atoms with Crippen LogP contribution in [-0.2, 0) is 11.2 Å². The van der Waals surface area contributed by atoms with Gasteiger partial charge in [-0.1, -0.05) is 36.8 Å². The van der Waals surface area contributed by atoms with Gasteiger partial charge in [0.25, 0.3) is 0 Å². The molecule has 0 aliphatic carbocycles. The van der Waals surface area contributed by atoms with Crippen LogP contribution in [0.5, 0.6) is 0 Å². The second-order valence-electron chi connectivity index (χ2n) is 7.74. The van der Waals surface area contributed by atoms with Gasteiger partial charge in [-0.25, -0.2) is 4.79 Å². The second-order valence-corrected chi connectivity index (χ2v) is 7.74. The zero-order valence-corrected chi connectivity index (χ0v) is 15.3. The molecule has 1 aliphatic heterocycles. The van der Waals surface area contributed by atoms with Crippen LogP contribution in [0.2, 0.25) is 0 Å². The minimum absolute atomic E-state index is 0.220. The summed E-state index contributed by atoms with van der Waals surface area (Å²) in [7, 11) is 0. The molecular formula is C20H32N2O2. The summed E-state index contributed by atoms with van der Waals surface area (Å²) < 4.78 is 5.40. The van der Waals surface area contributed by atoms with E-state index in [1.165, 1.54) is 18.4 Å². The van der Waals surface area contributed by atoms with Crippen LogP contribution in [0.15, 0.2) is 30.3 Å². The van der Waals surface area contributed by atoms with Crippen molar-refractivity contribution >= 4 is 6.09 Å². The van der Waals surface area contributed by atoms with Gasteiger partial charge in [-0.15, -0.1) is 0 Å². The first-order valence-electron chi connectivity index (χ1n) is 9.18. The maximum absolute atomic E-state index is 12.0. The molecule has 1 amide bonds. The zero-order chi connectivity index (χ0) is 17.4. The van der Waals surface area contributed by atoms with E-state index in [2.05, 4.69) is 41.0 Å². The molecule has 1 aromatic carbocycles. The van der Waals surface area contributed by atoms with Gasteiger partial charge in [0.05, 0.1) is 0 Å². The first kappa shape index (κ1) is 18.8. The summed E-state index contributed by atoms with van der Waals surface area (Å²) in [6.07, 6.45) is 5.34. The van der Waals surface area contributed by atoms with Gasteiger partial charge < -0.3 is 15.4 Å². The monoisotopic (exact) mass is 332 g/mol. The lowest BCUT2D eigenvalue weighted by atomic mass is 9.88. The Balaban J connectivity index is 1.74. The summed E-state index contributed by atoms with van der Waals surface area (Å²) in [5, 5.41) is 6.54. The Kier molecular flexibility index (Phi) is 7.10. The summed E-state index contributed by atoms with van der Waals surface area (Å²) in [5.41, 5.74) is 0.963. The quantitative estimate of drug-likeness (QED) is 0.777. The molecule has 0 spiro atoms. The number of rotatable bonds is 6. The van der Waals surface area contributed by atoms with Gasteiger partial charge in [-0.05, 0) is 71.0 Å². The van der Waals surface area contributed by atoms with Crippen LogP contribution in [0.4, 0.5) is 4.79 Å². The third-order valence-electron chi connectivity index (χ3n) is 4.44. The lowest BCUT2D eigenvalue weighted by Gasteiger charge is -2.33. The summed E-state index contributed by atoms with van der Waals surface area (Å²) in [4.78, 5) is 12.0. The van der Waals surface area contributed by atoms with Gasteiger partial charge in [0.1, 0.15) is 5.60 Å². The number of alkyl carbamates (subject to hydrolysis) is 1. The zero-order valence-electron chi connectivity index (χ0n) is 15.3. The molecule has 0 bridgehead atoms. The highest BCUT2D eigenvalue weighted by Crippen LogP contribution is 2.20. The van der Waals surface area contributed by atoms with Crippen LogP contribution in [0.1, 0.15) is 52.0 Å². The average molecular weight is 332 g/mol. The first-order valence-corrected chi connectivity index (χ1v) is 9.18. The van der Waals surface area contributed by atoms with Crippen molar-refractivity contribution in [3.05, 3.63) is 35.9 Å². The van der Waals surface area contributed by atoms with Gasteiger partial charge in [0.2, 0.25) is 0 Å². The molecule has 0 unspecified atom stereocenters. The number of piperidine rings is 1. The van der Waals surface area contributed by atoms with E-state index in [1.54, 1.807) is 0 Å². The molecule has 0 saturated carbocycles. The number of hydrogen-bond donors (Lipinski definition) is 2. The van der Waals surface area contributed by atoms with E-state index in [9.17, 15) is 4.79 Å². The van der Waals surface area contributed by atoms with Crippen molar-refractivity contribution in [2.45, 2.75) is 64.5 Å². The van der Waals surface area contributed by atoms with Gasteiger partial charge in [-0.3, -0.25) is 0 Å². The smallest absolute Gasteiger partial charge is 0.407 e. The third kappa shape index (κ3) is 6.91. The van der Waals surface area contributed by atoms with Crippen molar-refractivity contribution in [2.75, 3.05) is 13.1 Å². The van der Waals surface area contributed by atoms with Crippen LogP contribution in [0, 0.1) is 5.92 Å². The van der Waals surface area contributed by atoms with Crippen LogP contribution >= 0.6 is 0 Å². The molecule has 2 atom stereocenters. The van der Waals surface area contributed by atoms with Crippen LogP contribution in [-0.4, -0.2) is 30.8 Å². The number of benzene rings is 1. The minimum Gasteiger partial charge on any atom is -0.444 e. The van der Waals surface area contributed by atoms with E-state index in [4.69, 9.17) is 4.74 Å². The number of carbonyl (C=O) groups is 1. The fourth-order valence-electron chi connectivity index (χ4n) is 3.26. The first-order chi connectivity index (χ1) is 11.4. The Hall–Kier alpha value is -1.55. The highest BCUT2D eigenvalue weighted by Gasteiger charge is 2.27. The summed E-state index contributed by atoms with van der Waals surface area (Å²) in [6.45, 7) is 7.63. The SMILES string of the molecule is CC(C)(C)OC(=O)N[C@H]1CCNC[C@H]1CCCCc1ccccc1. The fourth-order valence-corrected chi connectivity index (χ4v) is 3.26. The molecule has 4 heteroatoms. The second kappa shape index (κ2) is 9.07. The fraction of sp³-hybridized carbons (Fsp3) is 0.650. The number of unbranched alkanes of at least 4 members (excludes halogenated alkanes) is 1. The van der Waals surface area contributed by atoms with E-state index >= 15 is 0 Å². The molecule has 2 N–H and O–H groups in total. The summed E-state index contributed by atoms with van der Waals surface area (Å²) in [5.74, 6) is 0.488. The van der Waals surface area contributed by atoms with E-state index in [0.717, 1.165) is 32.4 Å². The molecule has 1 saturated heterocycles. The Labute approximate surface area is 146 Å². The Bertz CT molecular complexity index is 496. The van der Waals surface area contributed by atoms with Crippen molar-refractivity contribution in [1.29, 1.82) is 0 Å². The normalized spacial score (nSPS) is 21.3. The Morgan fingerprint density at radius 2 is 2.00 bits per heavy atom. The molecule has 1 aliphatic rings. The molecule has 1 fully saturated rings. The van der Waals surface area contributed by atoms with E-state index < -0.39 is 5.60 Å². The van der Waals surface area contributed by atoms with E-state index in [-0.39, 0.29) is 12.1 Å². The topological polar surface area (TPSA) is 50.4 Å². The molecular weight excluding hydrogens is 300 g/mol. The Morgan fingerprint density at radius 1 is 1.25 bits per heavy atom. The van der Waals surface area contributed by atoms with Crippen LogP contribution in [0.3, 0.4) is 0 Å². The third-order valence-corrected chi connectivity index (χ3v) is 4.44. The number of carbonyl (C=O) groups excluding carboxylic acids is 1. The predicted molar refractivity (Wildman–Crippen MR) is 98.1 cm³/mol. The molecule has 2 rings (SSSR count). The largest absolute Gasteiger partial charge is 0.444 e. The molecule has 1 heterocycles. The van der Waals surface area contributed by atoms with Gasteiger partial charge in [0, 0.05) is 6.04 Å². The van der Waals surface area contributed by atoms with Gasteiger partial charge >= 0.3 is 6.09 Å². The highest BCUT2D eigenvalue weighted by atomic mass is 16.6. The molecule has 0 radical (unpaired) electrons. The van der Waals surface area contributed by atoms with E-state index in [1.807, 2.05) is 20.8 Å². The minimum atomic E-state index is -0.442. The maximum Gasteiger partial charge on any atom is 0.407 e. The number of aryl methyl sites for hydroxylation is 1. The number of amides is 1. The number of nitrogens with one attached hydrogen (secondary N) is 2. The van der Waals surface area contributed by atoms with Crippen LogP contribution in [0.25, 0.3) is 0 Å². The lowest BCUT2D eigenvalue weighted by molar-refractivity contribution is 0.0471. The number of ether oxygens (including phenoxy) is 1. The van der Waals surface area contributed by atoms with Crippen molar-refractivity contribution in [3.63, 3.8) is 0 Å². The summed E-state index contributed by atoms with van der Waals surface area (Å²) in [6, 6.07) is 10.9. The predicted octanol–water partition coefficient (Wildman–Crippen LogP) is 3.90. The van der Waals surface area contributed by atoms with Gasteiger partial charge in [0.15, 0.2) is 0 Å². The van der Waals surface area contributed by atoms with Gasteiger partial charge in [-0.2, -0.15) is 0 Å². The molecule has 24 heavy (non-hydrogen) atoms.